The third-order valence-corrected chi connectivity index (χ3v) is 2.35. The van der Waals surface area contributed by atoms with E-state index >= 15 is 0 Å². The van der Waals surface area contributed by atoms with Crippen LogP contribution in [0.5, 0.6) is 0 Å². The molecule has 0 aliphatic carbocycles. The highest BCUT2D eigenvalue weighted by atomic mass is 79.9. The zero-order valence-electron chi connectivity index (χ0n) is 10.8. The molecule has 19 heavy (non-hydrogen) atoms. The Kier molecular flexibility index (Phi) is 4.77. The van der Waals surface area contributed by atoms with Gasteiger partial charge in [-0.25, -0.2) is 9.59 Å². The minimum absolute atomic E-state index is 0.257. The predicted molar refractivity (Wildman–Crippen MR) is 75.6 cm³/mol. The number of amides is 2. The fourth-order valence-electron chi connectivity index (χ4n) is 1.26. The number of nitrogens with one attached hydrogen (secondary N) is 2. The van der Waals surface area contributed by atoms with Gasteiger partial charge in [0.15, 0.2) is 0 Å². The minimum atomic E-state index is -1.22. The van der Waals surface area contributed by atoms with Crippen molar-refractivity contribution in [2.45, 2.75) is 26.4 Å². The van der Waals surface area contributed by atoms with Gasteiger partial charge in [-0.1, -0.05) is 15.9 Å². The summed E-state index contributed by atoms with van der Waals surface area (Å²) in [4.78, 5) is 22.3. The summed E-state index contributed by atoms with van der Waals surface area (Å²) >= 11 is 3.22. The molecule has 0 fully saturated rings. The van der Waals surface area contributed by atoms with Crippen molar-refractivity contribution in [2.24, 2.45) is 0 Å². The molecule has 0 heterocycles. The van der Waals surface area contributed by atoms with E-state index in [4.69, 9.17) is 9.84 Å². The molecule has 0 radical (unpaired) electrons. The van der Waals surface area contributed by atoms with Crippen LogP contribution in [0.4, 0.5) is 21.0 Å². The van der Waals surface area contributed by atoms with Crippen LogP contribution in [0, 0.1) is 0 Å². The number of carbonyl (C=O) groups is 2. The number of anilines is 2. The van der Waals surface area contributed by atoms with Crippen LogP contribution in [-0.4, -0.2) is 22.9 Å². The number of ether oxygens (including phenoxy) is 1. The van der Waals surface area contributed by atoms with Gasteiger partial charge in [0.1, 0.15) is 5.60 Å². The number of benzene rings is 1. The molecule has 0 spiro atoms. The summed E-state index contributed by atoms with van der Waals surface area (Å²) in [7, 11) is 0. The van der Waals surface area contributed by atoms with E-state index in [2.05, 4.69) is 26.6 Å². The van der Waals surface area contributed by atoms with Crippen molar-refractivity contribution in [1.82, 2.24) is 0 Å². The zero-order valence-corrected chi connectivity index (χ0v) is 12.4. The van der Waals surface area contributed by atoms with E-state index in [9.17, 15) is 9.59 Å². The molecule has 1 rings (SSSR count). The summed E-state index contributed by atoms with van der Waals surface area (Å²) in [5.41, 5.74) is -0.0487. The van der Waals surface area contributed by atoms with E-state index in [0.29, 0.717) is 10.2 Å². The highest BCUT2D eigenvalue weighted by Gasteiger charge is 2.17. The lowest BCUT2D eigenvalue weighted by molar-refractivity contribution is 0.0636. The Morgan fingerprint density at radius 3 is 2.37 bits per heavy atom. The highest BCUT2D eigenvalue weighted by Crippen LogP contribution is 2.26. The number of halogens is 1. The third-order valence-electron chi connectivity index (χ3n) is 1.86. The number of rotatable bonds is 2. The van der Waals surface area contributed by atoms with Crippen molar-refractivity contribution in [3.8, 4) is 0 Å². The summed E-state index contributed by atoms with van der Waals surface area (Å²) in [5, 5.41) is 13.4. The van der Waals surface area contributed by atoms with Crippen LogP contribution in [0.25, 0.3) is 0 Å². The maximum absolute atomic E-state index is 11.6. The van der Waals surface area contributed by atoms with Crippen LogP contribution in [0.3, 0.4) is 0 Å². The Morgan fingerprint density at radius 2 is 1.84 bits per heavy atom. The molecule has 0 saturated carbocycles. The van der Waals surface area contributed by atoms with Gasteiger partial charge in [0.2, 0.25) is 0 Å². The fourth-order valence-corrected chi connectivity index (χ4v) is 1.62. The van der Waals surface area contributed by atoms with E-state index in [1.165, 1.54) is 0 Å². The maximum Gasteiger partial charge on any atom is 0.412 e. The van der Waals surface area contributed by atoms with Gasteiger partial charge in [-0.15, -0.1) is 0 Å². The lowest BCUT2D eigenvalue weighted by atomic mass is 10.2. The second-order valence-corrected chi connectivity index (χ2v) is 5.66. The average molecular weight is 331 g/mol. The standard InChI is InChI=1S/C12H15BrN2O4/c1-12(2,3)19-11(18)15-8-5-4-7(13)6-9(8)14-10(16)17/h4-6,14H,1-3H3,(H,15,18)(H,16,17). The monoisotopic (exact) mass is 330 g/mol. The van der Waals surface area contributed by atoms with Crippen LogP contribution >= 0.6 is 15.9 Å². The van der Waals surface area contributed by atoms with Gasteiger partial charge in [0.25, 0.3) is 0 Å². The Morgan fingerprint density at radius 1 is 1.21 bits per heavy atom. The molecule has 1 aromatic carbocycles. The molecule has 1 aromatic rings. The van der Waals surface area contributed by atoms with E-state index in [-0.39, 0.29) is 5.69 Å². The Hall–Kier alpha value is -1.76. The maximum atomic E-state index is 11.6. The predicted octanol–water partition coefficient (Wildman–Crippen LogP) is 3.89. The van der Waals surface area contributed by atoms with Crippen LogP contribution in [0.15, 0.2) is 22.7 Å². The summed E-state index contributed by atoms with van der Waals surface area (Å²) in [6, 6.07) is 4.79. The van der Waals surface area contributed by atoms with Crippen molar-refractivity contribution in [2.75, 3.05) is 10.6 Å². The second kappa shape index (κ2) is 5.92. The van der Waals surface area contributed by atoms with Gasteiger partial charge >= 0.3 is 12.2 Å². The molecule has 2 amide bonds. The first-order valence-corrected chi connectivity index (χ1v) is 6.26. The molecule has 0 unspecified atom stereocenters. The molecular formula is C12H15BrN2O4. The zero-order chi connectivity index (χ0) is 14.6. The molecule has 104 valence electrons. The van der Waals surface area contributed by atoms with Crippen molar-refractivity contribution >= 4 is 39.5 Å². The minimum Gasteiger partial charge on any atom is -0.465 e. The summed E-state index contributed by atoms with van der Waals surface area (Å²) in [6.07, 6.45) is -1.87. The molecule has 6 nitrogen and oxygen atoms in total. The topological polar surface area (TPSA) is 87.7 Å². The smallest absolute Gasteiger partial charge is 0.412 e. The molecule has 0 aliphatic rings. The number of hydrogen-bond acceptors (Lipinski definition) is 3. The van der Waals surface area contributed by atoms with Gasteiger partial charge in [-0.3, -0.25) is 10.6 Å². The Labute approximate surface area is 119 Å². The molecule has 0 saturated heterocycles. The average Bonchev–Trinajstić information content (AvgIpc) is 2.18. The van der Waals surface area contributed by atoms with Gasteiger partial charge in [0.05, 0.1) is 11.4 Å². The first-order valence-electron chi connectivity index (χ1n) is 5.47. The van der Waals surface area contributed by atoms with Crippen molar-refractivity contribution in [3.63, 3.8) is 0 Å². The number of carboxylic acid groups (broad SMARTS) is 1. The van der Waals surface area contributed by atoms with Crippen LogP contribution in [-0.2, 0) is 4.74 Å². The molecule has 0 aromatic heterocycles. The first kappa shape index (κ1) is 15.3. The largest absolute Gasteiger partial charge is 0.465 e. The van der Waals surface area contributed by atoms with Gasteiger partial charge in [-0.2, -0.15) is 0 Å². The molecule has 0 atom stereocenters. The lowest BCUT2D eigenvalue weighted by Crippen LogP contribution is -2.27. The van der Waals surface area contributed by atoms with Crippen LogP contribution < -0.4 is 10.6 Å². The van der Waals surface area contributed by atoms with Gasteiger partial charge < -0.3 is 9.84 Å². The van der Waals surface area contributed by atoms with E-state index in [1.54, 1.807) is 39.0 Å². The summed E-state index contributed by atoms with van der Waals surface area (Å²) in [6.45, 7) is 5.22. The number of carbonyl (C=O) groups excluding carboxylic acids is 1. The Balaban J connectivity index is 2.88. The third kappa shape index (κ3) is 5.60. The van der Waals surface area contributed by atoms with Gasteiger partial charge in [-0.05, 0) is 39.0 Å². The van der Waals surface area contributed by atoms with Crippen molar-refractivity contribution in [1.29, 1.82) is 0 Å². The molecular weight excluding hydrogens is 316 g/mol. The molecule has 0 bridgehead atoms. The molecule has 7 heteroatoms. The fraction of sp³-hybridized carbons (Fsp3) is 0.333. The molecule has 0 aliphatic heterocycles. The summed E-state index contributed by atoms with van der Waals surface area (Å²) in [5.74, 6) is 0. The van der Waals surface area contributed by atoms with Crippen LogP contribution in [0.2, 0.25) is 0 Å². The van der Waals surface area contributed by atoms with E-state index < -0.39 is 17.8 Å². The quantitative estimate of drug-likeness (QED) is 0.767. The van der Waals surface area contributed by atoms with Gasteiger partial charge in [0, 0.05) is 4.47 Å². The van der Waals surface area contributed by atoms with E-state index in [0.717, 1.165) is 0 Å². The van der Waals surface area contributed by atoms with Crippen LogP contribution in [0.1, 0.15) is 20.8 Å². The lowest BCUT2D eigenvalue weighted by Gasteiger charge is -2.20. The number of hydrogen-bond donors (Lipinski definition) is 3. The van der Waals surface area contributed by atoms with E-state index in [1.807, 2.05) is 0 Å². The van der Waals surface area contributed by atoms with Crippen molar-refractivity contribution in [3.05, 3.63) is 22.7 Å². The summed E-state index contributed by atoms with van der Waals surface area (Å²) < 4.78 is 5.78. The molecule has 3 N–H and O–H groups in total. The van der Waals surface area contributed by atoms with Crippen molar-refractivity contribution < 1.29 is 19.4 Å². The Bertz CT molecular complexity index is 497. The SMILES string of the molecule is CC(C)(C)OC(=O)Nc1ccc(Br)cc1NC(=O)O. The second-order valence-electron chi connectivity index (χ2n) is 4.75. The highest BCUT2D eigenvalue weighted by molar-refractivity contribution is 9.10. The normalized spacial score (nSPS) is 10.7. The first-order chi connectivity index (χ1) is 8.67.